The van der Waals surface area contributed by atoms with Gasteiger partial charge < -0.3 is 5.32 Å². The molecule has 1 heterocycles. The van der Waals surface area contributed by atoms with Gasteiger partial charge in [-0.05, 0) is 74.5 Å². The molecule has 31 heavy (non-hydrogen) atoms. The number of halogens is 1. The zero-order valence-electron chi connectivity index (χ0n) is 18.6. The number of aromatic nitrogens is 2. The molecule has 1 aromatic heterocycles. The summed E-state index contributed by atoms with van der Waals surface area (Å²) in [6, 6.07) is 5.37. The fourth-order valence-electron chi connectivity index (χ4n) is 5.31. The predicted octanol–water partition coefficient (Wildman–Crippen LogP) is 5.13. The molecule has 4 rings (SSSR count). The average molecular weight is 462 g/mol. The highest BCUT2D eigenvalue weighted by Crippen LogP contribution is 2.49. The molecule has 0 aliphatic heterocycles. The monoisotopic (exact) mass is 461 g/mol. The first kappa shape index (κ1) is 22.7. The smallest absolute Gasteiger partial charge is 0.262 e. The summed E-state index contributed by atoms with van der Waals surface area (Å²) in [6.45, 7) is 7.00. The standard InChI is InChI=1S/C24H32ClN3O2S/c1-14(2)8-9-28-23(30)19-7-6-18(25)12-21(19)27-24(28)31-13-22(29)26-15(3)20-11-16-4-5-17(20)10-16/h6-7,12,14-17,20H,4-5,8-11,13H2,1-3H3,(H,26,29)/t15-,16-,17-,20+/m0/s1. The van der Waals surface area contributed by atoms with Crippen LogP contribution in [-0.2, 0) is 11.3 Å². The normalized spacial score (nSPS) is 23.6. The van der Waals surface area contributed by atoms with Gasteiger partial charge >= 0.3 is 0 Å². The van der Waals surface area contributed by atoms with Gasteiger partial charge in [0.25, 0.3) is 5.56 Å². The molecule has 1 N–H and O–H groups in total. The molecular formula is C24H32ClN3O2S. The Balaban J connectivity index is 1.47. The van der Waals surface area contributed by atoms with Crippen LogP contribution in [0.5, 0.6) is 0 Å². The van der Waals surface area contributed by atoms with E-state index in [9.17, 15) is 9.59 Å². The Kier molecular flexibility index (Phi) is 6.97. The maximum atomic E-state index is 13.1. The van der Waals surface area contributed by atoms with Gasteiger partial charge in [0.05, 0.1) is 16.7 Å². The van der Waals surface area contributed by atoms with E-state index in [1.165, 1.54) is 37.4 Å². The Morgan fingerprint density at radius 3 is 2.77 bits per heavy atom. The van der Waals surface area contributed by atoms with Gasteiger partial charge in [-0.25, -0.2) is 4.98 Å². The van der Waals surface area contributed by atoms with E-state index in [1.807, 2.05) is 0 Å². The highest BCUT2D eigenvalue weighted by atomic mass is 35.5. The number of nitrogens with one attached hydrogen (secondary N) is 1. The third-order valence-corrected chi connectivity index (χ3v) is 8.18. The largest absolute Gasteiger partial charge is 0.353 e. The summed E-state index contributed by atoms with van der Waals surface area (Å²) in [6.07, 6.45) is 6.15. The molecule has 0 spiro atoms. The summed E-state index contributed by atoms with van der Waals surface area (Å²) in [4.78, 5) is 30.5. The number of rotatable bonds is 8. The summed E-state index contributed by atoms with van der Waals surface area (Å²) in [5.41, 5.74) is 0.511. The fraction of sp³-hybridized carbons (Fsp3) is 0.625. The second-order valence-corrected chi connectivity index (χ2v) is 11.1. The number of hydrogen-bond acceptors (Lipinski definition) is 4. The van der Waals surface area contributed by atoms with Crippen molar-refractivity contribution in [1.29, 1.82) is 0 Å². The Labute approximate surface area is 193 Å². The lowest BCUT2D eigenvalue weighted by molar-refractivity contribution is -0.119. The van der Waals surface area contributed by atoms with Gasteiger partial charge in [0.15, 0.2) is 5.16 Å². The van der Waals surface area contributed by atoms with Crippen molar-refractivity contribution in [3.63, 3.8) is 0 Å². The first-order chi connectivity index (χ1) is 14.8. The molecule has 2 bridgehead atoms. The van der Waals surface area contributed by atoms with Crippen LogP contribution >= 0.6 is 23.4 Å². The van der Waals surface area contributed by atoms with Crippen molar-refractivity contribution in [2.24, 2.45) is 23.7 Å². The third-order valence-electron chi connectivity index (χ3n) is 6.97. The van der Waals surface area contributed by atoms with Crippen LogP contribution in [0.2, 0.25) is 5.02 Å². The summed E-state index contributed by atoms with van der Waals surface area (Å²) < 4.78 is 1.72. The number of nitrogens with zero attached hydrogens (tertiary/aromatic N) is 2. The van der Waals surface area contributed by atoms with Crippen molar-refractivity contribution in [2.45, 2.75) is 70.6 Å². The molecule has 7 heteroatoms. The van der Waals surface area contributed by atoms with Crippen molar-refractivity contribution in [1.82, 2.24) is 14.9 Å². The molecule has 2 aromatic rings. The maximum absolute atomic E-state index is 13.1. The minimum Gasteiger partial charge on any atom is -0.353 e. The summed E-state index contributed by atoms with van der Waals surface area (Å²) in [5.74, 6) is 2.99. The van der Waals surface area contributed by atoms with Crippen LogP contribution in [0.4, 0.5) is 0 Å². The van der Waals surface area contributed by atoms with Crippen molar-refractivity contribution in [3.05, 3.63) is 33.6 Å². The van der Waals surface area contributed by atoms with E-state index >= 15 is 0 Å². The Hall–Kier alpha value is -1.53. The molecule has 2 aliphatic rings. The summed E-state index contributed by atoms with van der Waals surface area (Å²) >= 11 is 7.46. The van der Waals surface area contributed by atoms with Crippen LogP contribution in [-0.4, -0.2) is 27.3 Å². The predicted molar refractivity (Wildman–Crippen MR) is 128 cm³/mol. The van der Waals surface area contributed by atoms with E-state index in [-0.39, 0.29) is 23.3 Å². The number of fused-ring (bicyclic) bond motifs is 3. The highest BCUT2D eigenvalue weighted by molar-refractivity contribution is 7.99. The molecular weight excluding hydrogens is 430 g/mol. The van der Waals surface area contributed by atoms with Crippen LogP contribution in [0.25, 0.3) is 10.9 Å². The fourth-order valence-corrected chi connectivity index (χ4v) is 6.31. The number of thioether (sulfide) groups is 1. The average Bonchev–Trinajstić information content (AvgIpc) is 3.35. The minimum absolute atomic E-state index is 0.0103. The van der Waals surface area contributed by atoms with Gasteiger partial charge in [0.1, 0.15) is 0 Å². The second kappa shape index (κ2) is 9.53. The first-order valence-corrected chi connectivity index (χ1v) is 12.8. The molecule has 2 fully saturated rings. The van der Waals surface area contributed by atoms with Gasteiger partial charge in [0, 0.05) is 17.6 Å². The molecule has 0 unspecified atom stereocenters. The second-order valence-electron chi connectivity index (χ2n) is 9.68. The molecule has 0 saturated heterocycles. The molecule has 5 nitrogen and oxygen atoms in total. The van der Waals surface area contributed by atoms with E-state index < -0.39 is 0 Å². The van der Waals surface area contributed by atoms with Crippen LogP contribution in [0.3, 0.4) is 0 Å². The first-order valence-electron chi connectivity index (χ1n) is 11.4. The Morgan fingerprint density at radius 1 is 1.29 bits per heavy atom. The quantitative estimate of drug-likeness (QED) is 0.437. The van der Waals surface area contributed by atoms with Gasteiger partial charge in [0.2, 0.25) is 5.91 Å². The van der Waals surface area contributed by atoms with Gasteiger partial charge in [-0.2, -0.15) is 0 Å². The SMILES string of the molecule is CC(C)CCn1c(SCC(=O)N[C@@H](C)[C@H]2C[C@H]3CC[C@H]2C3)nc2cc(Cl)ccc2c1=O. The summed E-state index contributed by atoms with van der Waals surface area (Å²) in [7, 11) is 0. The molecule has 2 saturated carbocycles. The molecule has 4 atom stereocenters. The number of amides is 1. The number of carbonyl (C=O) groups is 1. The Morgan fingerprint density at radius 2 is 2.10 bits per heavy atom. The molecule has 168 valence electrons. The van der Waals surface area contributed by atoms with Crippen molar-refractivity contribution < 1.29 is 4.79 Å². The number of benzene rings is 1. The lowest BCUT2D eigenvalue weighted by atomic mass is 9.84. The van der Waals surface area contributed by atoms with Gasteiger partial charge in [-0.3, -0.25) is 14.2 Å². The summed E-state index contributed by atoms with van der Waals surface area (Å²) in [5, 5.41) is 4.91. The molecule has 2 aliphatic carbocycles. The van der Waals surface area contributed by atoms with Gasteiger partial charge in [-0.15, -0.1) is 0 Å². The molecule has 0 radical (unpaired) electrons. The topological polar surface area (TPSA) is 64.0 Å². The van der Waals surface area contributed by atoms with E-state index in [0.29, 0.717) is 39.5 Å². The van der Waals surface area contributed by atoms with Crippen molar-refractivity contribution in [3.8, 4) is 0 Å². The number of carbonyl (C=O) groups excluding carboxylic acids is 1. The minimum atomic E-state index is -0.0689. The lowest BCUT2D eigenvalue weighted by Gasteiger charge is -2.28. The van der Waals surface area contributed by atoms with E-state index in [0.717, 1.165) is 18.3 Å². The van der Waals surface area contributed by atoms with E-state index in [4.69, 9.17) is 16.6 Å². The zero-order chi connectivity index (χ0) is 22.1. The zero-order valence-corrected chi connectivity index (χ0v) is 20.1. The highest BCUT2D eigenvalue weighted by Gasteiger charge is 2.42. The molecule has 1 amide bonds. The van der Waals surface area contributed by atoms with Crippen LogP contribution in [0.15, 0.2) is 28.2 Å². The van der Waals surface area contributed by atoms with Crippen molar-refractivity contribution >= 4 is 40.2 Å². The third kappa shape index (κ3) is 5.11. The lowest BCUT2D eigenvalue weighted by Crippen LogP contribution is -2.41. The number of hydrogen-bond donors (Lipinski definition) is 1. The Bertz CT molecular complexity index is 1020. The van der Waals surface area contributed by atoms with E-state index in [2.05, 4.69) is 26.1 Å². The van der Waals surface area contributed by atoms with Gasteiger partial charge in [-0.1, -0.05) is 43.6 Å². The van der Waals surface area contributed by atoms with Crippen molar-refractivity contribution in [2.75, 3.05) is 5.75 Å². The van der Waals surface area contributed by atoms with E-state index in [1.54, 1.807) is 22.8 Å². The van der Waals surface area contributed by atoms with Crippen LogP contribution in [0.1, 0.15) is 52.9 Å². The van der Waals surface area contributed by atoms with Crippen LogP contribution in [0, 0.1) is 23.7 Å². The maximum Gasteiger partial charge on any atom is 0.262 e. The van der Waals surface area contributed by atoms with Crippen LogP contribution < -0.4 is 10.9 Å². The molecule has 1 aromatic carbocycles.